The van der Waals surface area contributed by atoms with E-state index in [1.54, 1.807) is 0 Å². The molecule has 0 aromatic rings. The van der Waals surface area contributed by atoms with E-state index in [1.165, 1.54) is 12.1 Å². The molecule has 0 amide bonds. The Labute approximate surface area is 71.8 Å². The zero-order valence-electron chi connectivity index (χ0n) is 8.52. The molecule has 2 atom stereocenters. The Balaban J connectivity index is 2.59. The van der Waals surface area contributed by atoms with Crippen LogP contribution in [0, 0.1) is 5.92 Å². The van der Waals surface area contributed by atoms with E-state index in [0.717, 1.165) is 12.0 Å². The summed E-state index contributed by atoms with van der Waals surface area (Å²) in [5, 5.41) is 0. The van der Waals surface area contributed by atoms with Crippen LogP contribution in [0.5, 0.6) is 0 Å². The van der Waals surface area contributed by atoms with E-state index in [4.69, 9.17) is 0 Å². The van der Waals surface area contributed by atoms with E-state index >= 15 is 0 Å². The van der Waals surface area contributed by atoms with E-state index in [-0.39, 0.29) is 0 Å². The Bertz CT molecular complexity index is 142. The van der Waals surface area contributed by atoms with Gasteiger partial charge in [0.25, 0.3) is 0 Å². The Morgan fingerprint density at radius 2 is 1.73 bits per heavy atom. The molecule has 2 heteroatoms. The quantitative estimate of drug-likeness (QED) is 0.547. The fraction of sp³-hybridized carbons (Fsp3) is 1.00. The normalized spacial score (nSPS) is 36.5. The Kier molecular flexibility index (Phi) is 2.45. The highest BCUT2D eigenvalue weighted by Gasteiger charge is 2.38. The van der Waals surface area contributed by atoms with Gasteiger partial charge in [-0.25, -0.2) is 0 Å². The summed E-state index contributed by atoms with van der Waals surface area (Å²) >= 11 is 0. The van der Waals surface area contributed by atoms with Gasteiger partial charge in [0.2, 0.25) is 0 Å². The third-order valence-electron chi connectivity index (χ3n) is 2.96. The molecule has 2 unspecified atom stereocenters. The second kappa shape index (κ2) is 2.90. The van der Waals surface area contributed by atoms with Gasteiger partial charge in [0.1, 0.15) is 0 Å². The zero-order chi connectivity index (χ0) is 8.65. The molecule has 0 aromatic carbocycles. The second-order valence-electron chi connectivity index (χ2n) is 5.08. The first-order chi connectivity index (χ1) is 4.92. The minimum absolute atomic E-state index is 0.771. The second-order valence-corrected chi connectivity index (χ2v) is 10.2. The van der Waals surface area contributed by atoms with Gasteiger partial charge in [0.05, 0.1) is 0 Å². The van der Waals surface area contributed by atoms with Crippen LogP contribution in [-0.2, 0) is 0 Å². The Hall–Kier alpha value is 0.177. The summed E-state index contributed by atoms with van der Waals surface area (Å²) in [5.41, 5.74) is 0. The van der Waals surface area contributed by atoms with Crippen LogP contribution in [0.1, 0.15) is 6.92 Å². The van der Waals surface area contributed by atoms with Gasteiger partial charge in [0, 0.05) is 14.1 Å². The lowest BCUT2D eigenvalue weighted by molar-refractivity contribution is 0.264. The highest BCUT2D eigenvalue weighted by atomic mass is 28.3. The molecule has 1 fully saturated rings. The van der Waals surface area contributed by atoms with Crippen molar-refractivity contribution in [3.8, 4) is 0 Å². The molecule has 1 aliphatic rings. The maximum absolute atomic E-state index is 2.52. The van der Waals surface area contributed by atoms with Crippen molar-refractivity contribution in [2.24, 2.45) is 5.92 Å². The Morgan fingerprint density at radius 1 is 1.18 bits per heavy atom. The number of hydrogen-bond donors (Lipinski definition) is 0. The van der Waals surface area contributed by atoms with E-state index in [0.29, 0.717) is 0 Å². The lowest BCUT2D eigenvalue weighted by Gasteiger charge is -2.23. The third-order valence-corrected chi connectivity index (χ3v) is 6.23. The summed E-state index contributed by atoms with van der Waals surface area (Å²) in [6.45, 7) is 7.45. The minimum Gasteiger partial charge on any atom is -0.306 e. The van der Waals surface area contributed by atoms with Crippen LogP contribution in [-0.4, -0.2) is 33.1 Å². The maximum atomic E-state index is 2.52. The molecule has 1 aliphatic heterocycles. The molecule has 0 spiro atoms. The van der Waals surface area contributed by atoms with E-state index < -0.39 is 8.07 Å². The molecule has 1 nitrogen and oxygen atoms in total. The lowest BCUT2D eigenvalue weighted by Crippen LogP contribution is -2.31. The first kappa shape index (κ1) is 9.27. The molecular formula is C9H21NSi. The molecular weight excluding hydrogens is 150 g/mol. The van der Waals surface area contributed by atoms with Crippen molar-refractivity contribution in [3.05, 3.63) is 0 Å². The maximum Gasteiger partial charge on any atom is 0.0492 e. The highest BCUT2D eigenvalue weighted by molar-refractivity contribution is 6.78. The molecule has 11 heavy (non-hydrogen) atoms. The standard InChI is InChI=1S/C9H21NSi/c1-8-6-11(4,5)7-9(8)10(2)3/h8-9H,6-7H2,1-5H3. The highest BCUT2D eigenvalue weighted by Crippen LogP contribution is 2.36. The van der Waals surface area contributed by atoms with Gasteiger partial charge < -0.3 is 4.90 Å². The topological polar surface area (TPSA) is 3.24 Å². The van der Waals surface area contributed by atoms with Gasteiger partial charge in [-0.1, -0.05) is 26.1 Å². The van der Waals surface area contributed by atoms with E-state index in [1.807, 2.05) is 0 Å². The lowest BCUT2D eigenvalue weighted by atomic mass is 10.1. The molecule has 1 heterocycles. The largest absolute Gasteiger partial charge is 0.306 e. The van der Waals surface area contributed by atoms with Crippen molar-refractivity contribution in [2.45, 2.75) is 38.1 Å². The predicted molar refractivity (Wildman–Crippen MR) is 53.7 cm³/mol. The van der Waals surface area contributed by atoms with Crippen LogP contribution in [0.15, 0.2) is 0 Å². The zero-order valence-corrected chi connectivity index (χ0v) is 9.52. The molecule has 0 aromatic heterocycles. The molecule has 0 aliphatic carbocycles. The molecule has 1 saturated heterocycles. The van der Waals surface area contributed by atoms with E-state index in [9.17, 15) is 0 Å². The SMILES string of the molecule is CC1C[Si](C)(C)CC1N(C)C. The van der Waals surface area contributed by atoms with Gasteiger partial charge in [-0.05, 0) is 26.1 Å². The monoisotopic (exact) mass is 171 g/mol. The third kappa shape index (κ3) is 2.06. The summed E-state index contributed by atoms with van der Waals surface area (Å²) in [5.74, 6) is 0.937. The average molecular weight is 171 g/mol. The van der Waals surface area contributed by atoms with Crippen molar-refractivity contribution in [1.29, 1.82) is 0 Å². The van der Waals surface area contributed by atoms with Crippen LogP contribution < -0.4 is 0 Å². The summed E-state index contributed by atoms with van der Waals surface area (Å²) in [4.78, 5) is 2.41. The Morgan fingerprint density at radius 3 is 1.91 bits per heavy atom. The van der Waals surface area contributed by atoms with Crippen LogP contribution >= 0.6 is 0 Å². The van der Waals surface area contributed by atoms with Crippen LogP contribution in [0.25, 0.3) is 0 Å². The summed E-state index contributed by atoms with van der Waals surface area (Å²) in [6.07, 6.45) is 0. The first-order valence-electron chi connectivity index (χ1n) is 4.59. The molecule has 0 saturated carbocycles. The van der Waals surface area contributed by atoms with Crippen molar-refractivity contribution >= 4 is 8.07 Å². The summed E-state index contributed by atoms with van der Waals surface area (Å²) in [6, 6.07) is 3.90. The van der Waals surface area contributed by atoms with Crippen molar-refractivity contribution < 1.29 is 0 Å². The summed E-state index contributed by atoms with van der Waals surface area (Å²) in [7, 11) is 3.67. The minimum atomic E-state index is -0.771. The first-order valence-corrected chi connectivity index (χ1v) is 8.00. The van der Waals surface area contributed by atoms with Crippen LogP contribution in [0.4, 0.5) is 0 Å². The molecule has 1 rings (SSSR count). The van der Waals surface area contributed by atoms with Crippen molar-refractivity contribution in [3.63, 3.8) is 0 Å². The van der Waals surface area contributed by atoms with Crippen molar-refractivity contribution in [1.82, 2.24) is 4.90 Å². The fourth-order valence-corrected chi connectivity index (χ4v) is 6.63. The molecule has 0 N–H and O–H groups in total. The molecule has 0 radical (unpaired) electrons. The van der Waals surface area contributed by atoms with Gasteiger partial charge >= 0.3 is 0 Å². The van der Waals surface area contributed by atoms with Crippen LogP contribution in [0.2, 0.25) is 25.2 Å². The molecule has 66 valence electrons. The predicted octanol–water partition coefficient (Wildman–Crippen LogP) is 2.27. The van der Waals surface area contributed by atoms with Gasteiger partial charge in [-0.3, -0.25) is 0 Å². The van der Waals surface area contributed by atoms with Gasteiger partial charge in [0.15, 0.2) is 0 Å². The number of nitrogens with zero attached hydrogens (tertiary/aromatic N) is 1. The van der Waals surface area contributed by atoms with Gasteiger partial charge in [-0.2, -0.15) is 0 Å². The summed E-state index contributed by atoms with van der Waals surface area (Å²) < 4.78 is 0. The smallest absolute Gasteiger partial charge is 0.0492 e. The van der Waals surface area contributed by atoms with E-state index in [2.05, 4.69) is 39.0 Å². The number of hydrogen-bond acceptors (Lipinski definition) is 1. The molecule has 0 bridgehead atoms. The van der Waals surface area contributed by atoms with Crippen molar-refractivity contribution in [2.75, 3.05) is 14.1 Å². The fourth-order valence-electron chi connectivity index (χ4n) is 2.55. The average Bonchev–Trinajstić information content (AvgIpc) is 2.05. The number of rotatable bonds is 1. The van der Waals surface area contributed by atoms with Crippen LogP contribution in [0.3, 0.4) is 0 Å². The van der Waals surface area contributed by atoms with Gasteiger partial charge in [-0.15, -0.1) is 0 Å².